The Bertz CT molecular complexity index is 946. The van der Waals surface area contributed by atoms with Crippen molar-refractivity contribution in [3.05, 3.63) is 69.5 Å². The number of aryl methyl sites for hydroxylation is 3. The highest BCUT2D eigenvalue weighted by Gasteiger charge is 2.39. The zero-order valence-electron chi connectivity index (χ0n) is 15.4. The van der Waals surface area contributed by atoms with E-state index in [-0.39, 0.29) is 23.8 Å². The summed E-state index contributed by atoms with van der Waals surface area (Å²) in [5.41, 5.74) is 5.37. The van der Waals surface area contributed by atoms with E-state index in [1.807, 2.05) is 32.9 Å². The normalized spacial score (nSPS) is 18.6. The van der Waals surface area contributed by atoms with Gasteiger partial charge in [-0.25, -0.2) is 0 Å². The van der Waals surface area contributed by atoms with Crippen LogP contribution in [0.2, 0.25) is 0 Å². The number of hydrogen-bond acceptors (Lipinski definition) is 4. The molecule has 3 rings (SSSR count). The van der Waals surface area contributed by atoms with Crippen molar-refractivity contribution in [2.24, 2.45) is 0 Å². The summed E-state index contributed by atoms with van der Waals surface area (Å²) < 4.78 is 0. The summed E-state index contributed by atoms with van der Waals surface area (Å²) in [5, 5.41) is 0. The van der Waals surface area contributed by atoms with E-state index in [4.69, 9.17) is 0 Å². The van der Waals surface area contributed by atoms with Crippen LogP contribution in [0.4, 0.5) is 0 Å². The molecule has 1 unspecified atom stereocenters. The molecule has 0 spiro atoms. The van der Waals surface area contributed by atoms with Crippen LogP contribution in [-0.2, 0) is 9.59 Å². The third kappa shape index (κ3) is 3.27. The first-order valence-electron chi connectivity index (χ1n) is 8.60. The Kier molecular flexibility index (Phi) is 4.68. The Morgan fingerprint density at radius 1 is 1.12 bits per heavy atom. The zero-order valence-corrected chi connectivity index (χ0v) is 15.4. The fourth-order valence-electron chi connectivity index (χ4n) is 3.69. The van der Waals surface area contributed by atoms with Crippen LogP contribution < -0.4 is 0 Å². The fourth-order valence-corrected chi connectivity index (χ4v) is 3.69. The molecule has 0 bridgehead atoms. The summed E-state index contributed by atoms with van der Waals surface area (Å²) in [6.45, 7) is 7.36. The molecule has 4 heteroatoms. The molecule has 1 aromatic carbocycles. The van der Waals surface area contributed by atoms with Gasteiger partial charge in [0.15, 0.2) is 17.3 Å². The van der Waals surface area contributed by atoms with Crippen molar-refractivity contribution in [2.75, 3.05) is 0 Å². The van der Waals surface area contributed by atoms with Gasteiger partial charge in [0.1, 0.15) is 5.92 Å². The average molecular weight is 347 g/mol. The Labute approximate surface area is 153 Å². The van der Waals surface area contributed by atoms with Crippen molar-refractivity contribution in [3.8, 4) is 0 Å². The van der Waals surface area contributed by atoms with E-state index in [1.54, 1.807) is 18.2 Å². The summed E-state index contributed by atoms with van der Waals surface area (Å²) in [6, 6.07) is 7.28. The molecule has 1 heterocycles. The molecule has 1 aromatic heterocycles. The standard InChI is InChI=1S/C22H21NO3/c1-12-7-13(2)20(14(3)8-12)21-19(25)11-17(22(21)26)10-18-9-16(15(4)24)5-6-23-18/h5-10,21H,11H2,1-4H3. The second kappa shape index (κ2) is 6.79. The summed E-state index contributed by atoms with van der Waals surface area (Å²) in [4.78, 5) is 41.3. The maximum atomic E-state index is 12.9. The van der Waals surface area contributed by atoms with E-state index >= 15 is 0 Å². The molecular weight excluding hydrogens is 326 g/mol. The maximum Gasteiger partial charge on any atom is 0.174 e. The molecule has 26 heavy (non-hydrogen) atoms. The Balaban J connectivity index is 2.00. The molecule has 0 radical (unpaired) electrons. The number of allylic oxidation sites excluding steroid dienone is 1. The van der Waals surface area contributed by atoms with E-state index in [9.17, 15) is 14.4 Å². The molecule has 0 aliphatic heterocycles. The highest BCUT2D eigenvalue weighted by molar-refractivity contribution is 6.24. The summed E-state index contributed by atoms with van der Waals surface area (Å²) in [7, 11) is 0. The second-order valence-electron chi connectivity index (χ2n) is 6.95. The Hall–Kier alpha value is -2.88. The zero-order chi connectivity index (χ0) is 19.0. The highest BCUT2D eigenvalue weighted by atomic mass is 16.2. The van der Waals surface area contributed by atoms with Gasteiger partial charge >= 0.3 is 0 Å². The molecule has 1 fully saturated rings. The van der Waals surface area contributed by atoms with E-state index in [1.165, 1.54) is 13.1 Å². The summed E-state index contributed by atoms with van der Waals surface area (Å²) in [5.74, 6) is -1.05. The summed E-state index contributed by atoms with van der Waals surface area (Å²) >= 11 is 0. The van der Waals surface area contributed by atoms with Gasteiger partial charge in [-0.1, -0.05) is 17.7 Å². The van der Waals surface area contributed by atoms with Gasteiger partial charge in [0.05, 0.1) is 5.69 Å². The first-order chi connectivity index (χ1) is 12.3. The maximum absolute atomic E-state index is 12.9. The number of Topliss-reactive ketones (excluding diaryl/α,β-unsaturated/α-hetero) is 3. The van der Waals surface area contributed by atoms with Crippen LogP contribution in [0.1, 0.15) is 57.6 Å². The van der Waals surface area contributed by atoms with Gasteiger partial charge in [0.25, 0.3) is 0 Å². The largest absolute Gasteiger partial charge is 0.298 e. The molecule has 2 aromatic rings. The molecule has 1 saturated carbocycles. The minimum atomic E-state index is -0.738. The van der Waals surface area contributed by atoms with Crippen LogP contribution in [0.3, 0.4) is 0 Å². The van der Waals surface area contributed by atoms with Gasteiger partial charge in [-0.2, -0.15) is 0 Å². The lowest BCUT2D eigenvalue weighted by atomic mass is 9.87. The van der Waals surface area contributed by atoms with E-state index in [2.05, 4.69) is 4.98 Å². The van der Waals surface area contributed by atoms with Gasteiger partial charge in [-0.3, -0.25) is 19.4 Å². The number of aromatic nitrogens is 1. The minimum Gasteiger partial charge on any atom is -0.298 e. The third-order valence-electron chi connectivity index (χ3n) is 4.80. The molecule has 1 aliphatic rings. The predicted octanol–water partition coefficient (Wildman–Crippen LogP) is 3.92. The van der Waals surface area contributed by atoms with Gasteiger partial charge in [0, 0.05) is 23.8 Å². The SMILES string of the molecule is CC(=O)c1ccnc(C=C2CC(=O)C(c3c(C)cc(C)cc3C)C2=O)c1. The van der Waals surface area contributed by atoms with Crippen molar-refractivity contribution in [1.82, 2.24) is 4.98 Å². The van der Waals surface area contributed by atoms with Crippen LogP contribution >= 0.6 is 0 Å². The van der Waals surface area contributed by atoms with Crippen LogP contribution in [0.5, 0.6) is 0 Å². The van der Waals surface area contributed by atoms with Crippen molar-refractivity contribution in [2.45, 2.75) is 40.0 Å². The molecule has 1 atom stereocenters. The molecular formula is C22H21NO3. The van der Waals surface area contributed by atoms with Crippen LogP contribution in [0.15, 0.2) is 36.0 Å². The van der Waals surface area contributed by atoms with Crippen LogP contribution in [0, 0.1) is 20.8 Å². The molecule has 0 saturated heterocycles. The number of carbonyl (C=O) groups excluding carboxylic acids is 3. The number of benzene rings is 1. The number of nitrogens with zero attached hydrogens (tertiary/aromatic N) is 1. The number of ketones is 3. The third-order valence-corrected chi connectivity index (χ3v) is 4.80. The average Bonchev–Trinajstić information content (AvgIpc) is 2.82. The van der Waals surface area contributed by atoms with Gasteiger partial charge in [0.2, 0.25) is 0 Å². The number of hydrogen-bond donors (Lipinski definition) is 0. The van der Waals surface area contributed by atoms with E-state index in [0.717, 1.165) is 22.3 Å². The second-order valence-corrected chi connectivity index (χ2v) is 6.95. The molecule has 1 aliphatic carbocycles. The van der Waals surface area contributed by atoms with E-state index < -0.39 is 5.92 Å². The monoisotopic (exact) mass is 347 g/mol. The minimum absolute atomic E-state index is 0.0651. The molecule has 0 amide bonds. The predicted molar refractivity (Wildman–Crippen MR) is 100 cm³/mol. The molecule has 4 nitrogen and oxygen atoms in total. The van der Waals surface area contributed by atoms with Crippen molar-refractivity contribution >= 4 is 23.4 Å². The molecule has 0 N–H and O–H groups in total. The lowest BCUT2D eigenvalue weighted by molar-refractivity contribution is -0.123. The lowest BCUT2D eigenvalue weighted by Crippen LogP contribution is -2.15. The van der Waals surface area contributed by atoms with Gasteiger partial charge in [-0.15, -0.1) is 0 Å². The number of pyridine rings is 1. The van der Waals surface area contributed by atoms with Gasteiger partial charge in [-0.05, 0) is 62.6 Å². The lowest BCUT2D eigenvalue weighted by Gasteiger charge is -2.15. The Morgan fingerprint density at radius 3 is 2.38 bits per heavy atom. The topological polar surface area (TPSA) is 64.1 Å². The van der Waals surface area contributed by atoms with Crippen molar-refractivity contribution < 1.29 is 14.4 Å². The Morgan fingerprint density at radius 2 is 1.77 bits per heavy atom. The van der Waals surface area contributed by atoms with Gasteiger partial charge < -0.3 is 0 Å². The number of carbonyl (C=O) groups is 3. The first-order valence-corrected chi connectivity index (χ1v) is 8.60. The van der Waals surface area contributed by atoms with Crippen LogP contribution in [-0.4, -0.2) is 22.3 Å². The van der Waals surface area contributed by atoms with Crippen LogP contribution in [0.25, 0.3) is 6.08 Å². The molecule has 132 valence electrons. The fraction of sp³-hybridized carbons (Fsp3) is 0.273. The highest BCUT2D eigenvalue weighted by Crippen LogP contribution is 2.36. The first kappa shape index (κ1) is 17.9. The quantitative estimate of drug-likeness (QED) is 0.480. The number of rotatable bonds is 3. The summed E-state index contributed by atoms with van der Waals surface area (Å²) in [6.07, 6.45) is 3.27. The van der Waals surface area contributed by atoms with Crippen molar-refractivity contribution in [1.29, 1.82) is 0 Å². The van der Waals surface area contributed by atoms with Crippen molar-refractivity contribution in [3.63, 3.8) is 0 Å². The smallest absolute Gasteiger partial charge is 0.174 e. The van der Waals surface area contributed by atoms with E-state index in [0.29, 0.717) is 16.8 Å².